The van der Waals surface area contributed by atoms with E-state index in [1.54, 1.807) is 66.2 Å². The van der Waals surface area contributed by atoms with Crippen LogP contribution in [0.1, 0.15) is 93.2 Å². The quantitative estimate of drug-likeness (QED) is 0.147. The highest BCUT2D eigenvalue weighted by molar-refractivity contribution is 5.75. The van der Waals surface area contributed by atoms with Gasteiger partial charge < -0.3 is 24.7 Å². The lowest BCUT2D eigenvalue weighted by atomic mass is 9.86. The second-order valence-electron chi connectivity index (χ2n) is 12.0. The molecule has 0 saturated heterocycles. The third-order valence-corrected chi connectivity index (χ3v) is 8.23. The maximum absolute atomic E-state index is 14.1. The van der Waals surface area contributed by atoms with E-state index in [9.17, 15) is 18.4 Å². The predicted octanol–water partition coefficient (Wildman–Crippen LogP) is 9.20. The highest BCUT2D eigenvalue weighted by atomic mass is 19.1. The molecule has 3 atom stereocenters. The number of ether oxygens (including phenoxy) is 4. The Kier molecular flexibility index (Phi) is 17.3. The van der Waals surface area contributed by atoms with Crippen LogP contribution in [0.5, 0.6) is 11.5 Å². The highest BCUT2D eigenvalue weighted by Crippen LogP contribution is 2.34. The van der Waals surface area contributed by atoms with E-state index in [-0.39, 0.29) is 29.6 Å². The third kappa shape index (κ3) is 12.2. The van der Waals surface area contributed by atoms with E-state index in [4.69, 9.17) is 24.7 Å². The molecule has 7 nitrogen and oxygen atoms in total. The molecule has 2 unspecified atom stereocenters. The van der Waals surface area contributed by atoms with Gasteiger partial charge in [0.05, 0.1) is 14.2 Å². The number of hydrogen-bond acceptors (Lipinski definition) is 7. The standard InChI is InChI=1S/C20H23F2NO2.C20H24O4.C2H6/c1-11-5-7-15(9-17(11)21)19(14(4)25-20(24)13(3)23)16-8-6-12(2)18(22)10-16;1-5-19(21)24-14(2)20(15-8-6-10-17(12-15)22-3)16-9-7-11-18(13-16)23-4;1-2/h5-10,13-14,19H,23H2,1-4H3;6-14,20H,5H2,1-4H3;1-2H3/t13-,14?;;/m0../s1. The van der Waals surface area contributed by atoms with Crippen molar-refractivity contribution in [3.63, 3.8) is 0 Å². The Morgan fingerprint density at radius 3 is 1.39 bits per heavy atom. The molecule has 9 heteroatoms. The summed E-state index contributed by atoms with van der Waals surface area (Å²) in [6.07, 6.45) is -0.591. The average molecular weight is 706 g/mol. The van der Waals surface area contributed by atoms with E-state index in [2.05, 4.69) is 0 Å². The molecule has 51 heavy (non-hydrogen) atoms. The number of aryl methyl sites for hydroxylation is 2. The van der Waals surface area contributed by atoms with Gasteiger partial charge in [0, 0.05) is 18.3 Å². The molecule has 0 bridgehead atoms. The Morgan fingerprint density at radius 1 is 0.647 bits per heavy atom. The Morgan fingerprint density at radius 2 is 1.04 bits per heavy atom. The first-order valence-electron chi connectivity index (χ1n) is 17.2. The van der Waals surface area contributed by atoms with Crippen molar-refractivity contribution in [2.45, 2.75) is 91.9 Å². The number of carbonyl (C=O) groups is 2. The monoisotopic (exact) mass is 705 g/mol. The lowest BCUT2D eigenvalue weighted by Crippen LogP contribution is -2.33. The number of methoxy groups -OCH3 is 2. The lowest BCUT2D eigenvalue weighted by Gasteiger charge is -2.26. The van der Waals surface area contributed by atoms with Crippen LogP contribution in [0.3, 0.4) is 0 Å². The number of hydrogen-bond donors (Lipinski definition) is 1. The van der Waals surface area contributed by atoms with Gasteiger partial charge in [-0.25, -0.2) is 8.78 Å². The van der Waals surface area contributed by atoms with Gasteiger partial charge in [-0.3, -0.25) is 9.59 Å². The van der Waals surface area contributed by atoms with Crippen LogP contribution in [0.4, 0.5) is 8.78 Å². The van der Waals surface area contributed by atoms with E-state index < -0.39 is 24.0 Å². The minimum atomic E-state index is -0.771. The number of esters is 2. The van der Waals surface area contributed by atoms with Crippen LogP contribution >= 0.6 is 0 Å². The summed E-state index contributed by atoms with van der Waals surface area (Å²) in [5.74, 6) is -0.556. The minimum absolute atomic E-state index is 0.106. The molecule has 0 aromatic heterocycles. The molecular formula is C42H53F2NO6. The zero-order chi connectivity index (χ0) is 38.2. The summed E-state index contributed by atoms with van der Waals surface area (Å²) in [5, 5.41) is 0. The minimum Gasteiger partial charge on any atom is -0.497 e. The summed E-state index contributed by atoms with van der Waals surface area (Å²) in [6, 6.07) is 24.5. The smallest absolute Gasteiger partial charge is 0.322 e. The zero-order valence-electron chi connectivity index (χ0n) is 31.5. The summed E-state index contributed by atoms with van der Waals surface area (Å²) in [5.41, 5.74) is 9.85. The van der Waals surface area contributed by atoms with Crippen LogP contribution in [0, 0.1) is 25.5 Å². The molecule has 0 amide bonds. The van der Waals surface area contributed by atoms with Gasteiger partial charge in [0.1, 0.15) is 41.4 Å². The summed E-state index contributed by atoms with van der Waals surface area (Å²) < 4.78 is 49.8. The third-order valence-electron chi connectivity index (χ3n) is 8.23. The largest absolute Gasteiger partial charge is 0.497 e. The Bertz CT molecular complexity index is 1610. The normalized spacial score (nSPS) is 12.4. The first-order valence-corrected chi connectivity index (χ1v) is 17.2. The maximum Gasteiger partial charge on any atom is 0.322 e. The molecule has 0 aliphatic carbocycles. The van der Waals surface area contributed by atoms with Crippen molar-refractivity contribution in [1.29, 1.82) is 0 Å². The van der Waals surface area contributed by atoms with Crippen LogP contribution in [0.25, 0.3) is 0 Å². The summed E-state index contributed by atoms with van der Waals surface area (Å²) >= 11 is 0. The molecule has 0 radical (unpaired) electrons. The Hall–Kier alpha value is -4.76. The summed E-state index contributed by atoms with van der Waals surface area (Å²) in [6.45, 7) is 14.3. The average Bonchev–Trinajstić information content (AvgIpc) is 3.12. The van der Waals surface area contributed by atoms with Crippen molar-refractivity contribution in [3.8, 4) is 11.5 Å². The van der Waals surface area contributed by atoms with Gasteiger partial charge in [0.15, 0.2) is 0 Å². The number of benzene rings is 4. The molecule has 0 aliphatic rings. The van der Waals surface area contributed by atoms with Crippen LogP contribution in [0.15, 0.2) is 84.9 Å². The molecule has 4 aromatic carbocycles. The van der Waals surface area contributed by atoms with Gasteiger partial charge >= 0.3 is 11.9 Å². The molecule has 276 valence electrons. The van der Waals surface area contributed by atoms with Crippen molar-refractivity contribution in [2.75, 3.05) is 14.2 Å². The van der Waals surface area contributed by atoms with E-state index >= 15 is 0 Å². The molecule has 0 spiro atoms. The SMILES string of the molecule is CC.CCC(=O)OC(C)C(c1cccc(OC)c1)c1cccc(OC)c1.Cc1ccc(C(c2ccc(C)c(F)c2)C(C)OC(=O)[C@H](C)N)cc1F. The van der Waals surface area contributed by atoms with Crippen LogP contribution in [0.2, 0.25) is 0 Å². The fourth-order valence-electron chi connectivity index (χ4n) is 5.46. The summed E-state index contributed by atoms with van der Waals surface area (Å²) in [4.78, 5) is 23.6. The van der Waals surface area contributed by atoms with E-state index in [1.165, 1.54) is 19.1 Å². The zero-order valence-corrected chi connectivity index (χ0v) is 31.5. The van der Waals surface area contributed by atoms with E-state index in [0.717, 1.165) is 22.6 Å². The van der Waals surface area contributed by atoms with Crippen molar-refractivity contribution in [3.05, 3.63) is 130 Å². The lowest BCUT2D eigenvalue weighted by molar-refractivity contribution is -0.150. The first kappa shape index (κ1) is 42.4. The molecule has 0 aliphatic heterocycles. The molecule has 2 N–H and O–H groups in total. The second-order valence-corrected chi connectivity index (χ2v) is 12.0. The van der Waals surface area contributed by atoms with Gasteiger partial charge in [0.25, 0.3) is 0 Å². The van der Waals surface area contributed by atoms with Gasteiger partial charge in [0.2, 0.25) is 0 Å². The van der Waals surface area contributed by atoms with Crippen molar-refractivity contribution in [1.82, 2.24) is 0 Å². The first-order chi connectivity index (χ1) is 24.3. The number of rotatable bonds is 12. The molecular weight excluding hydrogens is 652 g/mol. The summed E-state index contributed by atoms with van der Waals surface area (Å²) in [7, 11) is 3.28. The molecule has 4 aromatic rings. The fraction of sp³-hybridized carbons (Fsp3) is 0.381. The highest BCUT2D eigenvalue weighted by Gasteiger charge is 2.28. The van der Waals surface area contributed by atoms with E-state index in [0.29, 0.717) is 28.7 Å². The second kappa shape index (κ2) is 20.8. The number of halogens is 2. The molecule has 0 saturated carbocycles. The van der Waals surface area contributed by atoms with Crippen molar-refractivity contribution >= 4 is 11.9 Å². The molecule has 0 fully saturated rings. The predicted molar refractivity (Wildman–Crippen MR) is 198 cm³/mol. The van der Waals surface area contributed by atoms with Crippen molar-refractivity contribution < 1.29 is 37.3 Å². The topological polar surface area (TPSA) is 97.1 Å². The fourth-order valence-corrected chi connectivity index (χ4v) is 5.46. The number of nitrogens with two attached hydrogens (primary N) is 1. The van der Waals surface area contributed by atoms with Gasteiger partial charge in [-0.1, -0.05) is 69.3 Å². The van der Waals surface area contributed by atoms with Gasteiger partial charge in [-0.15, -0.1) is 0 Å². The Balaban J connectivity index is 0.000000337. The van der Waals surface area contributed by atoms with Crippen LogP contribution in [-0.4, -0.2) is 44.4 Å². The van der Waals surface area contributed by atoms with Crippen LogP contribution < -0.4 is 15.2 Å². The van der Waals surface area contributed by atoms with Crippen molar-refractivity contribution in [2.24, 2.45) is 5.73 Å². The Labute approximate surface area is 302 Å². The van der Waals surface area contributed by atoms with Crippen LogP contribution in [-0.2, 0) is 19.1 Å². The maximum atomic E-state index is 14.1. The van der Waals surface area contributed by atoms with Gasteiger partial charge in [-0.05, 0) is 104 Å². The molecule has 4 rings (SSSR count). The number of carbonyl (C=O) groups excluding carboxylic acids is 2. The molecule has 0 heterocycles. The van der Waals surface area contributed by atoms with Gasteiger partial charge in [-0.2, -0.15) is 0 Å². The van der Waals surface area contributed by atoms with E-state index in [1.807, 2.05) is 69.3 Å².